The number of nitrogens with zero attached hydrogens (tertiary/aromatic N) is 4. The molecule has 0 fully saturated rings. The van der Waals surface area contributed by atoms with E-state index >= 15 is 0 Å². The van der Waals surface area contributed by atoms with Crippen molar-refractivity contribution in [3.63, 3.8) is 0 Å². The van der Waals surface area contributed by atoms with Gasteiger partial charge in [-0.2, -0.15) is 4.68 Å². The van der Waals surface area contributed by atoms with Gasteiger partial charge in [0.05, 0.1) is 12.8 Å². The van der Waals surface area contributed by atoms with Crippen molar-refractivity contribution in [1.29, 1.82) is 0 Å². The molecule has 0 saturated carbocycles. The smallest absolute Gasteiger partial charge is 0.411 e. The van der Waals surface area contributed by atoms with E-state index in [0.29, 0.717) is 27.6 Å². The number of benzene rings is 3. The van der Waals surface area contributed by atoms with Crippen molar-refractivity contribution in [3.05, 3.63) is 101 Å². The zero-order valence-corrected chi connectivity index (χ0v) is 21.5. The summed E-state index contributed by atoms with van der Waals surface area (Å²) in [7, 11) is 1.27. The lowest BCUT2D eigenvalue weighted by Crippen LogP contribution is -2.44. The Morgan fingerprint density at radius 2 is 1.72 bits per heavy atom. The molecule has 198 valence electrons. The van der Waals surface area contributed by atoms with E-state index in [9.17, 15) is 14.4 Å². The minimum atomic E-state index is -0.879. The Hall–Kier alpha value is -5.03. The summed E-state index contributed by atoms with van der Waals surface area (Å²) in [5, 5.41) is 19.8. The minimum absolute atomic E-state index is 0.265. The first-order chi connectivity index (χ1) is 18.9. The summed E-state index contributed by atoms with van der Waals surface area (Å²) in [5.41, 5.74) is 3.09. The highest BCUT2D eigenvalue weighted by molar-refractivity contribution is 6.30. The van der Waals surface area contributed by atoms with Gasteiger partial charge in [0.25, 0.3) is 0 Å². The molecule has 11 nitrogen and oxygen atoms in total. The van der Waals surface area contributed by atoms with Crippen molar-refractivity contribution in [2.24, 2.45) is 0 Å². The van der Waals surface area contributed by atoms with E-state index in [1.54, 1.807) is 48.5 Å². The van der Waals surface area contributed by atoms with E-state index in [0.717, 1.165) is 5.56 Å². The molecule has 0 spiro atoms. The summed E-state index contributed by atoms with van der Waals surface area (Å²) in [6.45, 7) is 0. The molecule has 0 bridgehead atoms. The largest absolute Gasteiger partial charge is 0.453 e. The lowest BCUT2D eigenvalue weighted by atomic mass is 10.0. The van der Waals surface area contributed by atoms with Gasteiger partial charge in [0.1, 0.15) is 12.4 Å². The minimum Gasteiger partial charge on any atom is -0.453 e. The summed E-state index contributed by atoms with van der Waals surface area (Å²) in [6.07, 6.45) is 3.98. The predicted octanol–water partition coefficient (Wildman–Crippen LogP) is 3.87. The quantitative estimate of drug-likeness (QED) is 0.271. The lowest BCUT2D eigenvalue weighted by Gasteiger charge is -2.18. The Kier molecular flexibility index (Phi) is 8.99. The summed E-state index contributed by atoms with van der Waals surface area (Å²) < 4.78 is 6.02. The van der Waals surface area contributed by atoms with Gasteiger partial charge in [0.15, 0.2) is 0 Å². The molecule has 4 aromatic rings. The first-order valence-electron chi connectivity index (χ1n) is 11.7. The highest BCUT2D eigenvalue weighted by atomic mass is 35.5. The number of hydrogen-bond donors (Lipinski definition) is 3. The van der Waals surface area contributed by atoms with Crippen LogP contribution in [0, 0.1) is 0 Å². The number of carbonyl (C=O) groups is 3. The van der Waals surface area contributed by atoms with E-state index in [-0.39, 0.29) is 6.42 Å². The monoisotopic (exact) mass is 545 g/mol. The first-order valence-corrected chi connectivity index (χ1v) is 12.1. The van der Waals surface area contributed by atoms with Crippen molar-refractivity contribution in [3.8, 4) is 5.69 Å². The first kappa shape index (κ1) is 27.0. The molecule has 1 heterocycles. The molecule has 0 saturated heterocycles. The topological polar surface area (TPSA) is 140 Å². The van der Waals surface area contributed by atoms with Gasteiger partial charge in [0, 0.05) is 34.5 Å². The molecule has 12 heteroatoms. The number of nitrogens with one attached hydrogen (secondary N) is 3. The number of hydrogen-bond acceptors (Lipinski definition) is 7. The van der Waals surface area contributed by atoms with E-state index in [1.165, 1.54) is 24.2 Å². The van der Waals surface area contributed by atoms with Gasteiger partial charge >= 0.3 is 6.09 Å². The maximum Gasteiger partial charge on any atom is 0.411 e. The van der Waals surface area contributed by atoms with Gasteiger partial charge in [-0.05, 0) is 64.5 Å². The molecule has 0 radical (unpaired) electrons. The van der Waals surface area contributed by atoms with Gasteiger partial charge < -0.3 is 15.4 Å². The van der Waals surface area contributed by atoms with Crippen LogP contribution < -0.4 is 16.0 Å². The van der Waals surface area contributed by atoms with Crippen molar-refractivity contribution >= 4 is 47.0 Å². The standard InChI is InChI=1S/C27H24ClN7O4/c1-39-27(38)31-22-11-9-21(10-12-22)30-26(37)23(15-18-5-3-2-4-6-18)32-25(36)14-7-19-16-20(28)8-13-24(19)35-17-29-33-34-35/h2-14,16-17,23H,15H2,1H3,(H,30,37)(H,31,38)(H,32,36)/b14-7+/t23-/m0/s1. The molecule has 3 aromatic carbocycles. The summed E-state index contributed by atoms with van der Waals surface area (Å²) in [4.78, 5) is 37.5. The maximum atomic E-state index is 13.2. The van der Waals surface area contributed by atoms with Crippen LogP contribution in [0.2, 0.25) is 5.02 Å². The van der Waals surface area contributed by atoms with Crippen molar-refractivity contribution in [2.75, 3.05) is 17.7 Å². The summed E-state index contributed by atoms with van der Waals surface area (Å²) in [5.74, 6) is -0.891. The molecular formula is C27H24ClN7O4. The molecule has 1 atom stereocenters. The van der Waals surface area contributed by atoms with Gasteiger partial charge in [-0.25, -0.2) is 4.79 Å². The second kappa shape index (κ2) is 13.0. The molecule has 3 N–H and O–H groups in total. The molecule has 39 heavy (non-hydrogen) atoms. The number of ether oxygens (including phenoxy) is 1. The Morgan fingerprint density at radius 1 is 1.00 bits per heavy atom. The Labute approximate surface area is 228 Å². The number of rotatable bonds is 9. The third kappa shape index (κ3) is 7.73. The fourth-order valence-corrected chi connectivity index (χ4v) is 3.80. The molecular weight excluding hydrogens is 522 g/mol. The van der Waals surface area contributed by atoms with Crippen LogP contribution in [0.5, 0.6) is 0 Å². The molecule has 0 aliphatic heterocycles. The number of carbonyl (C=O) groups excluding carboxylic acids is 3. The Balaban J connectivity index is 1.49. The SMILES string of the molecule is COC(=O)Nc1ccc(NC(=O)[C@H](Cc2ccccc2)NC(=O)/C=C/c2cc(Cl)ccc2-n2cnnn2)cc1. The van der Waals surface area contributed by atoms with E-state index in [2.05, 4.69) is 36.2 Å². The molecule has 4 rings (SSSR count). The second-order valence-electron chi connectivity index (χ2n) is 8.22. The number of methoxy groups -OCH3 is 1. The van der Waals surface area contributed by atoms with Gasteiger partial charge in [-0.15, -0.1) is 5.10 Å². The molecule has 0 aliphatic carbocycles. The van der Waals surface area contributed by atoms with Gasteiger partial charge in [-0.3, -0.25) is 14.9 Å². The van der Waals surface area contributed by atoms with Gasteiger partial charge in [0.2, 0.25) is 11.8 Å². The zero-order valence-electron chi connectivity index (χ0n) is 20.7. The van der Waals surface area contributed by atoms with Crippen LogP contribution in [0.15, 0.2) is 85.2 Å². The number of aromatic nitrogens is 4. The van der Waals surface area contributed by atoms with E-state index in [4.69, 9.17) is 11.6 Å². The normalized spacial score (nSPS) is 11.5. The van der Waals surface area contributed by atoms with Crippen LogP contribution in [-0.2, 0) is 20.7 Å². The lowest BCUT2D eigenvalue weighted by molar-refractivity contribution is -0.123. The Bertz CT molecular complexity index is 1460. The van der Waals surface area contributed by atoms with E-state index in [1.807, 2.05) is 30.3 Å². The van der Waals surface area contributed by atoms with E-state index < -0.39 is 23.9 Å². The average Bonchev–Trinajstić information content (AvgIpc) is 3.48. The molecule has 0 unspecified atom stereocenters. The van der Waals surface area contributed by atoms with Crippen LogP contribution in [-0.4, -0.2) is 51.3 Å². The number of amides is 3. The van der Waals surface area contributed by atoms with Crippen LogP contribution in [0.25, 0.3) is 11.8 Å². The van der Waals surface area contributed by atoms with Crippen molar-refractivity contribution in [2.45, 2.75) is 12.5 Å². The highest BCUT2D eigenvalue weighted by Crippen LogP contribution is 2.20. The van der Waals surface area contributed by atoms with Gasteiger partial charge in [-0.1, -0.05) is 41.9 Å². The summed E-state index contributed by atoms with van der Waals surface area (Å²) in [6, 6.07) is 20.1. The summed E-state index contributed by atoms with van der Waals surface area (Å²) >= 11 is 6.15. The van der Waals surface area contributed by atoms with Crippen molar-refractivity contribution in [1.82, 2.24) is 25.5 Å². The van der Waals surface area contributed by atoms with Crippen molar-refractivity contribution < 1.29 is 19.1 Å². The maximum absolute atomic E-state index is 13.2. The molecule has 0 aliphatic rings. The fourth-order valence-electron chi connectivity index (χ4n) is 3.62. The third-order valence-electron chi connectivity index (χ3n) is 5.50. The Morgan fingerprint density at radius 3 is 2.38 bits per heavy atom. The van der Waals surface area contributed by atoms with Crippen LogP contribution in [0.3, 0.4) is 0 Å². The predicted molar refractivity (Wildman–Crippen MR) is 146 cm³/mol. The molecule has 1 aromatic heterocycles. The highest BCUT2D eigenvalue weighted by Gasteiger charge is 2.21. The second-order valence-corrected chi connectivity index (χ2v) is 8.66. The van der Waals surface area contributed by atoms with Crippen LogP contribution in [0.1, 0.15) is 11.1 Å². The number of halogens is 1. The number of tetrazole rings is 1. The number of anilines is 2. The molecule has 3 amide bonds. The third-order valence-corrected chi connectivity index (χ3v) is 5.73. The van der Waals surface area contributed by atoms with Crippen LogP contribution in [0.4, 0.5) is 16.2 Å². The zero-order chi connectivity index (χ0) is 27.6. The average molecular weight is 546 g/mol. The van der Waals surface area contributed by atoms with Crippen LogP contribution >= 0.6 is 11.6 Å². The fraction of sp³-hybridized carbons (Fsp3) is 0.111.